The van der Waals surface area contributed by atoms with E-state index in [4.69, 9.17) is 10.8 Å². The molecule has 0 radical (unpaired) electrons. The highest BCUT2D eigenvalue weighted by Crippen LogP contribution is 2.29. The Morgan fingerprint density at radius 3 is 2.19 bits per heavy atom. The molecular weight excluding hydrogens is 219 g/mol. The summed E-state index contributed by atoms with van der Waals surface area (Å²) in [6, 6.07) is 4.70. The molecule has 0 aliphatic rings. The Hall–Kier alpha value is -1.07. The van der Waals surface area contributed by atoms with E-state index in [2.05, 4.69) is 0 Å². The Morgan fingerprint density at radius 1 is 1.19 bits per heavy atom. The first kappa shape index (κ1) is 13.0. The third-order valence-corrected chi connectivity index (χ3v) is 2.28. The molecule has 1 aromatic rings. The molecular formula is C11H14F3NO. The van der Waals surface area contributed by atoms with Gasteiger partial charge >= 0.3 is 6.18 Å². The summed E-state index contributed by atoms with van der Waals surface area (Å²) in [4.78, 5) is 0. The third-order valence-electron chi connectivity index (χ3n) is 2.28. The predicted octanol–water partition coefficient (Wildman–Crippen LogP) is 1.96. The largest absolute Gasteiger partial charge is 0.416 e. The van der Waals surface area contributed by atoms with E-state index in [1.807, 2.05) is 0 Å². The Labute approximate surface area is 91.9 Å². The number of aliphatic hydroxyl groups is 1. The van der Waals surface area contributed by atoms with E-state index in [0.717, 1.165) is 17.7 Å². The first-order chi connectivity index (χ1) is 7.43. The molecule has 0 saturated carbocycles. The minimum absolute atomic E-state index is 0.0121. The van der Waals surface area contributed by atoms with E-state index < -0.39 is 11.7 Å². The molecule has 1 rings (SSSR count). The summed E-state index contributed by atoms with van der Waals surface area (Å²) in [5.74, 6) is 0. The molecule has 1 aromatic carbocycles. The number of alkyl halides is 3. The number of rotatable bonds is 4. The fraction of sp³-hybridized carbons (Fsp3) is 0.455. The SMILES string of the molecule is NC(CCO)Cc1ccc(C(F)(F)F)cc1. The average Bonchev–Trinajstić information content (AvgIpc) is 2.17. The molecule has 0 saturated heterocycles. The molecule has 0 aliphatic heterocycles. The number of hydrogen-bond donors (Lipinski definition) is 2. The van der Waals surface area contributed by atoms with Crippen LogP contribution in [0.3, 0.4) is 0 Å². The molecule has 0 fully saturated rings. The van der Waals surface area contributed by atoms with E-state index in [9.17, 15) is 13.2 Å². The minimum atomic E-state index is -4.30. The summed E-state index contributed by atoms with van der Waals surface area (Å²) in [6.07, 6.45) is -3.38. The van der Waals surface area contributed by atoms with Crippen molar-refractivity contribution < 1.29 is 18.3 Å². The molecule has 5 heteroatoms. The standard InChI is InChI=1S/C11H14F3NO/c12-11(13,14)9-3-1-8(2-4-9)7-10(15)5-6-16/h1-4,10,16H,5-7,15H2. The molecule has 2 nitrogen and oxygen atoms in total. The van der Waals surface area contributed by atoms with E-state index in [1.165, 1.54) is 12.1 Å². The van der Waals surface area contributed by atoms with Crippen LogP contribution >= 0.6 is 0 Å². The van der Waals surface area contributed by atoms with Gasteiger partial charge in [-0.3, -0.25) is 0 Å². The van der Waals surface area contributed by atoms with Crippen LogP contribution in [0.1, 0.15) is 17.5 Å². The van der Waals surface area contributed by atoms with Crippen molar-refractivity contribution in [2.24, 2.45) is 5.73 Å². The summed E-state index contributed by atoms with van der Waals surface area (Å²) in [5.41, 5.74) is 5.74. The van der Waals surface area contributed by atoms with Gasteiger partial charge < -0.3 is 10.8 Å². The van der Waals surface area contributed by atoms with Gasteiger partial charge in [0.15, 0.2) is 0 Å². The van der Waals surface area contributed by atoms with Crippen molar-refractivity contribution in [2.45, 2.75) is 25.1 Å². The number of hydrogen-bond acceptors (Lipinski definition) is 2. The first-order valence-corrected chi connectivity index (χ1v) is 4.96. The molecule has 3 N–H and O–H groups in total. The zero-order valence-corrected chi connectivity index (χ0v) is 8.67. The first-order valence-electron chi connectivity index (χ1n) is 4.96. The highest BCUT2D eigenvalue weighted by molar-refractivity contribution is 5.25. The fourth-order valence-corrected chi connectivity index (χ4v) is 1.40. The lowest BCUT2D eigenvalue weighted by atomic mass is 10.0. The summed E-state index contributed by atoms with van der Waals surface area (Å²) in [6.45, 7) is -0.0121. The molecule has 0 aliphatic carbocycles. The van der Waals surface area contributed by atoms with Crippen molar-refractivity contribution in [1.29, 1.82) is 0 Å². The fourth-order valence-electron chi connectivity index (χ4n) is 1.40. The Balaban J connectivity index is 2.65. The van der Waals surface area contributed by atoms with E-state index in [-0.39, 0.29) is 12.6 Å². The maximum Gasteiger partial charge on any atom is 0.416 e. The van der Waals surface area contributed by atoms with Crippen LogP contribution in [-0.2, 0) is 12.6 Å². The van der Waals surface area contributed by atoms with Crippen molar-refractivity contribution >= 4 is 0 Å². The Morgan fingerprint density at radius 2 is 1.75 bits per heavy atom. The van der Waals surface area contributed by atoms with Crippen LogP contribution in [-0.4, -0.2) is 17.8 Å². The van der Waals surface area contributed by atoms with Crippen LogP contribution < -0.4 is 5.73 Å². The van der Waals surface area contributed by atoms with E-state index >= 15 is 0 Å². The Kier molecular flexibility index (Phi) is 4.32. The van der Waals surface area contributed by atoms with Gasteiger partial charge in [0.2, 0.25) is 0 Å². The van der Waals surface area contributed by atoms with Gasteiger partial charge in [-0.05, 0) is 30.5 Å². The maximum atomic E-state index is 12.2. The topological polar surface area (TPSA) is 46.2 Å². The number of nitrogens with two attached hydrogens (primary N) is 1. The molecule has 90 valence electrons. The van der Waals surface area contributed by atoms with Crippen LogP contribution in [0.2, 0.25) is 0 Å². The van der Waals surface area contributed by atoms with Gasteiger partial charge in [-0.25, -0.2) is 0 Å². The van der Waals surface area contributed by atoms with Crippen LogP contribution in [0.4, 0.5) is 13.2 Å². The highest BCUT2D eigenvalue weighted by Gasteiger charge is 2.29. The van der Waals surface area contributed by atoms with Gasteiger partial charge in [0.25, 0.3) is 0 Å². The van der Waals surface area contributed by atoms with Crippen molar-refractivity contribution in [2.75, 3.05) is 6.61 Å². The van der Waals surface area contributed by atoms with Crippen LogP contribution in [0, 0.1) is 0 Å². The summed E-state index contributed by atoms with van der Waals surface area (Å²) in [5, 5.41) is 8.64. The smallest absolute Gasteiger partial charge is 0.396 e. The van der Waals surface area contributed by atoms with Crippen LogP contribution in [0.15, 0.2) is 24.3 Å². The molecule has 0 heterocycles. The number of aliphatic hydroxyl groups excluding tert-OH is 1. The molecule has 0 spiro atoms. The second-order valence-corrected chi connectivity index (χ2v) is 3.67. The molecule has 0 amide bonds. The van der Waals surface area contributed by atoms with Gasteiger partial charge in [-0.15, -0.1) is 0 Å². The summed E-state index contributed by atoms with van der Waals surface area (Å²) in [7, 11) is 0. The van der Waals surface area contributed by atoms with Crippen LogP contribution in [0.25, 0.3) is 0 Å². The molecule has 0 aromatic heterocycles. The van der Waals surface area contributed by atoms with Crippen molar-refractivity contribution in [3.63, 3.8) is 0 Å². The van der Waals surface area contributed by atoms with Gasteiger partial charge in [0.1, 0.15) is 0 Å². The van der Waals surface area contributed by atoms with Crippen LogP contribution in [0.5, 0.6) is 0 Å². The zero-order chi connectivity index (χ0) is 12.2. The highest BCUT2D eigenvalue weighted by atomic mass is 19.4. The Bertz CT molecular complexity index is 321. The summed E-state index contributed by atoms with van der Waals surface area (Å²) < 4.78 is 36.7. The van der Waals surface area contributed by atoms with Crippen molar-refractivity contribution in [1.82, 2.24) is 0 Å². The second kappa shape index (κ2) is 5.32. The number of benzene rings is 1. The number of halogens is 3. The van der Waals surface area contributed by atoms with Gasteiger partial charge in [0.05, 0.1) is 5.56 Å². The van der Waals surface area contributed by atoms with Crippen molar-refractivity contribution in [3.8, 4) is 0 Å². The molecule has 16 heavy (non-hydrogen) atoms. The second-order valence-electron chi connectivity index (χ2n) is 3.67. The predicted molar refractivity (Wildman–Crippen MR) is 54.8 cm³/mol. The van der Waals surface area contributed by atoms with Crippen molar-refractivity contribution in [3.05, 3.63) is 35.4 Å². The average molecular weight is 233 g/mol. The van der Waals surface area contributed by atoms with Gasteiger partial charge in [-0.2, -0.15) is 13.2 Å². The quantitative estimate of drug-likeness (QED) is 0.835. The van der Waals surface area contributed by atoms with E-state index in [1.54, 1.807) is 0 Å². The lowest BCUT2D eigenvalue weighted by molar-refractivity contribution is -0.137. The third kappa shape index (κ3) is 3.83. The lowest BCUT2D eigenvalue weighted by Gasteiger charge is -2.11. The zero-order valence-electron chi connectivity index (χ0n) is 8.67. The monoisotopic (exact) mass is 233 g/mol. The molecule has 1 unspecified atom stereocenters. The maximum absolute atomic E-state index is 12.2. The van der Waals surface area contributed by atoms with E-state index in [0.29, 0.717) is 12.8 Å². The minimum Gasteiger partial charge on any atom is -0.396 e. The normalized spacial score (nSPS) is 13.8. The lowest BCUT2D eigenvalue weighted by Crippen LogP contribution is -2.24. The van der Waals surface area contributed by atoms with Gasteiger partial charge in [0, 0.05) is 12.6 Å². The van der Waals surface area contributed by atoms with Gasteiger partial charge in [-0.1, -0.05) is 12.1 Å². The molecule has 1 atom stereocenters. The molecule has 0 bridgehead atoms. The summed E-state index contributed by atoms with van der Waals surface area (Å²) >= 11 is 0.